The van der Waals surface area contributed by atoms with E-state index in [1.165, 1.54) is 16.2 Å². The van der Waals surface area contributed by atoms with Gasteiger partial charge in [0.05, 0.1) is 6.54 Å². The summed E-state index contributed by atoms with van der Waals surface area (Å²) >= 11 is 1.17. The van der Waals surface area contributed by atoms with Gasteiger partial charge in [0.2, 0.25) is 11.8 Å². The first-order chi connectivity index (χ1) is 10.1. The van der Waals surface area contributed by atoms with Crippen molar-refractivity contribution in [1.82, 2.24) is 4.90 Å². The van der Waals surface area contributed by atoms with Gasteiger partial charge in [0, 0.05) is 23.1 Å². The molecule has 0 spiro atoms. The summed E-state index contributed by atoms with van der Waals surface area (Å²) in [6.07, 6.45) is 1.26. The van der Waals surface area contributed by atoms with Gasteiger partial charge in [-0.3, -0.25) is 14.5 Å². The molecular formula is C15H13NO4S. The second-order valence-corrected chi connectivity index (χ2v) is 5.99. The number of amides is 2. The number of fused-ring (bicyclic) bond motifs is 1. The molecule has 2 heterocycles. The van der Waals surface area contributed by atoms with Crippen molar-refractivity contribution < 1.29 is 19.5 Å². The van der Waals surface area contributed by atoms with Gasteiger partial charge in [-0.15, -0.1) is 11.3 Å². The lowest BCUT2D eigenvalue weighted by Crippen LogP contribution is -2.39. The molecule has 0 bridgehead atoms. The van der Waals surface area contributed by atoms with Crippen molar-refractivity contribution in [2.45, 2.75) is 25.8 Å². The first-order valence-electron chi connectivity index (χ1n) is 6.65. The van der Waals surface area contributed by atoms with Crippen LogP contribution in [0.3, 0.4) is 0 Å². The van der Waals surface area contributed by atoms with Gasteiger partial charge in [0.25, 0.3) is 0 Å². The van der Waals surface area contributed by atoms with Gasteiger partial charge in [-0.2, -0.15) is 0 Å². The molecule has 0 atom stereocenters. The van der Waals surface area contributed by atoms with Crippen molar-refractivity contribution in [3.8, 4) is 0 Å². The first kappa shape index (κ1) is 13.8. The fourth-order valence-electron chi connectivity index (χ4n) is 2.56. The maximum atomic E-state index is 11.9. The highest BCUT2D eigenvalue weighted by Crippen LogP contribution is 2.33. The summed E-state index contributed by atoms with van der Waals surface area (Å²) in [4.78, 5) is 36.6. The fourth-order valence-corrected chi connectivity index (χ4v) is 3.62. The lowest BCUT2D eigenvalue weighted by molar-refractivity contribution is -0.148. The molecule has 1 fully saturated rings. The van der Waals surface area contributed by atoms with Crippen LogP contribution in [0.25, 0.3) is 10.1 Å². The van der Waals surface area contributed by atoms with E-state index < -0.39 is 5.97 Å². The molecule has 0 aliphatic carbocycles. The van der Waals surface area contributed by atoms with Crippen LogP contribution in [-0.4, -0.2) is 27.8 Å². The Labute approximate surface area is 124 Å². The van der Waals surface area contributed by atoms with E-state index in [1.54, 1.807) is 0 Å². The summed E-state index contributed by atoms with van der Waals surface area (Å²) in [5.41, 5.74) is 0.548. The number of piperidine rings is 1. The molecule has 3 rings (SSSR count). The number of thiophene rings is 1. The average molecular weight is 303 g/mol. The fraction of sp³-hybridized carbons (Fsp3) is 0.267. The van der Waals surface area contributed by atoms with Crippen LogP contribution in [0.15, 0.2) is 24.3 Å². The average Bonchev–Trinajstić information content (AvgIpc) is 2.82. The van der Waals surface area contributed by atoms with E-state index >= 15 is 0 Å². The highest BCUT2D eigenvalue weighted by atomic mass is 32.1. The van der Waals surface area contributed by atoms with Gasteiger partial charge in [-0.1, -0.05) is 18.2 Å². The van der Waals surface area contributed by atoms with Gasteiger partial charge >= 0.3 is 5.97 Å². The highest BCUT2D eigenvalue weighted by Gasteiger charge is 2.28. The number of aromatic carboxylic acids is 1. The third kappa shape index (κ3) is 2.42. The third-order valence-corrected chi connectivity index (χ3v) is 4.79. The largest absolute Gasteiger partial charge is 0.477 e. The number of hydrogen-bond acceptors (Lipinski definition) is 4. The molecule has 1 N–H and O–H groups in total. The number of imide groups is 1. The number of likely N-dealkylation sites (tertiary alicyclic amines) is 1. The normalized spacial score (nSPS) is 15.7. The molecule has 1 aromatic heterocycles. The van der Waals surface area contributed by atoms with E-state index in [2.05, 4.69) is 0 Å². The molecule has 0 radical (unpaired) electrons. The zero-order valence-corrected chi connectivity index (χ0v) is 12.0. The van der Waals surface area contributed by atoms with Crippen molar-refractivity contribution in [2.75, 3.05) is 0 Å². The predicted octanol–water partition coefficient (Wildman–Crippen LogP) is 2.64. The molecule has 1 saturated heterocycles. The van der Waals surface area contributed by atoms with Gasteiger partial charge in [0.15, 0.2) is 0 Å². The number of rotatable bonds is 3. The molecule has 2 aromatic rings. The molecule has 6 heteroatoms. The Kier molecular flexibility index (Phi) is 3.47. The van der Waals surface area contributed by atoms with E-state index in [0.717, 1.165) is 10.1 Å². The van der Waals surface area contributed by atoms with E-state index in [-0.39, 0.29) is 23.2 Å². The molecular weight excluding hydrogens is 290 g/mol. The molecule has 5 nitrogen and oxygen atoms in total. The SMILES string of the molecule is O=C(O)c1sc2ccccc2c1CN1C(=O)CCCC1=O. The number of nitrogens with zero attached hydrogens (tertiary/aromatic N) is 1. The van der Waals surface area contributed by atoms with Gasteiger partial charge in [-0.05, 0) is 17.9 Å². The summed E-state index contributed by atoms with van der Waals surface area (Å²) in [5.74, 6) is -1.47. The standard InChI is InChI=1S/C15H13NO4S/c17-12-6-3-7-13(18)16(12)8-10-9-4-1-2-5-11(9)21-14(10)15(19)20/h1-2,4-5H,3,6-8H2,(H,19,20). The number of benzene rings is 1. The Bertz CT molecular complexity index is 733. The Hall–Kier alpha value is -2.21. The minimum atomic E-state index is -1.02. The molecule has 1 aromatic carbocycles. The maximum Gasteiger partial charge on any atom is 0.346 e. The summed E-state index contributed by atoms with van der Waals surface area (Å²) in [5, 5.41) is 10.1. The van der Waals surface area contributed by atoms with Crippen LogP contribution in [0, 0.1) is 0 Å². The van der Waals surface area contributed by atoms with Crippen molar-refractivity contribution in [3.63, 3.8) is 0 Å². The smallest absolute Gasteiger partial charge is 0.346 e. The van der Waals surface area contributed by atoms with Crippen molar-refractivity contribution in [2.24, 2.45) is 0 Å². The molecule has 1 aliphatic heterocycles. The quantitative estimate of drug-likeness (QED) is 0.885. The lowest BCUT2D eigenvalue weighted by atomic mass is 10.1. The monoisotopic (exact) mass is 303 g/mol. The number of hydrogen-bond donors (Lipinski definition) is 1. The van der Waals surface area contributed by atoms with E-state index in [0.29, 0.717) is 24.8 Å². The molecule has 1 aliphatic rings. The van der Waals surface area contributed by atoms with Crippen LogP contribution >= 0.6 is 11.3 Å². The predicted molar refractivity (Wildman–Crippen MR) is 78.2 cm³/mol. The zero-order chi connectivity index (χ0) is 15.0. The van der Waals surface area contributed by atoms with Crippen LogP contribution in [0.5, 0.6) is 0 Å². The molecule has 0 saturated carbocycles. The number of carboxylic acid groups (broad SMARTS) is 1. The van der Waals surface area contributed by atoms with Crippen LogP contribution in [0.1, 0.15) is 34.5 Å². The van der Waals surface area contributed by atoms with E-state index in [9.17, 15) is 19.5 Å². The minimum Gasteiger partial charge on any atom is -0.477 e. The molecule has 0 unspecified atom stereocenters. The summed E-state index contributed by atoms with van der Waals surface area (Å²) in [7, 11) is 0. The second-order valence-electron chi connectivity index (χ2n) is 4.94. The van der Waals surface area contributed by atoms with E-state index in [4.69, 9.17) is 0 Å². The number of carbonyl (C=O) groups is 3. The van der Waals surface area contributed by atoms with Crippen molar-refractivity contribution >= 4 is 39.2 Å². The Morgan fingerprint density at radius 3 is 2.52 bits per heavy atom. The van der Waals surface area contributed by atoms with Crippen molar-refractivity contribution in [3.05, 3.63) is 34.7 Å². The summed E-state index contributed by atoms with van der Waals surface area (Å²) in [6, 6.07) is 7.33. The topological polar surface area (TPSA) is 74.7 Å². The second kappa shape index (κ2) is 5.29. The first-order valence-corrected chi connectivity index (χ1v) is 7.46. The molecule has 21 heavy (non-hydrogen) atoms. The number of carboxylic acids is 1. The van der Waals surface area contributed by atoms with Gasteiger partial charge in [0.1, 0.15) is 4.88 Å². The van der Waals surface area contributed by atoms with Gasteiger partial charge in [-0.25, -0.2) is 4.79 Å². The summed E-state index contributed by atoms with van der Waals surface area (Å²) < 4.78 is 0.849. The van der Waals surface area contributed by atoms with Crippen LogP contribution in [0.4, 0.5) is 0 Å². The Balaban J connectivity index is 2.06. The van der Waals surface area contributed by atoms with Crippen LogP contribution in [-0.2, 0) is 16.1 Å². The van der Waals surface area contributed by atoms with Gasteiger partial charge < -0.3 is 5.11 Å². The Morgan fingerprint density at radius 2 is 1.86 bits per heavy atom. The Morgan fingerprint density at radius 1 is 1.19 bits per heavy atom. The van der Waals surface area contributed by atoms with Crippen molar-refractivity contribution in [1.29, 1.82) is 0 Å². The maximum absolute atomic E-state index is 11.9. The molecule has 108 valence electrons. The summed E-state index contributed by atoms with van der Waals surface area (Å²) in [6.45, 7) is 0.0450. The third-order valence-electron chi connectivity index (χ3n) is 3.59. The van der Waals surface area contributed by atoms with Crippen LogP contribution in [0.2, 0.25) is 0 Å². The highest BCUT2D eigenvalue weighted by molar-refractivity contribution is 7.21. The number of carbonyl (C=O) groups excluding carboxylic acids is 2. The lowest BCUT2D eigenvalue weighted by Gasteiger charge is -2.24. The van der Waals surface area contributed by atoms with E-state index in [1.807, 2.05) is 24.3 Å². The zero-order valence-electron chi connectivity index (χ0n) is 11.2. The minimum absolute atomic E-state index is 0.0450. The molecule has 2 amide bonds. The van der Waals surface area contributed by atoms with Crippen LogP contribution < -0.4 is 0 Å².